The van der Waals surface area contributed by atoms with Crippen molar-refractivity contribution in [2.45, 2.75) is 57.6 Å². The zero-order valence-corrected chi connectivity index (χ0v) is 10.8. The number of hydrogen-bond donors (Lipinski definition) is 4. The summed E-state index contributed by atoms with van der Waals surface area (Å²) in [6.07, 6.45) is 4.46. The summed E-state index contributed by atoms with van der Waals surface area (Å²) in [5.74, 6) is -2.88. The molecule has 0 aliphatic heterocycles. The zero-order chi connectivity index (χ0) is 14.0. The topological polar surface area (TPSA) is 107 Å². The van der Waals surface area contributed by atoms with E-state index in [4.69, 9.17) is 10.2 Å². The molecule has 0 rings (SSSR count). The predicted molar refractivity (Wildman–Crippen MR) is 66.4 cm³/mol. The second-order valence-corrected chi connectivity index (χ2v) is 4.32. The van der Waals surface area contributed by atoms with E-state index in [0.717, 1.165) is 25.7 Å². The summed E-state index contributed by atoms with van der Waals surface area (Å²) >= 11 is 0. The Bertz CT molecular complexity index is 257. The molecule has 0 radical (unpaired) electrons. The van der Waals surface area contributed by atoms with Crippen molar-refractivity contribution < 1.29 is 24.9 Å². The van der Waals surface area contributed by atoms with Crippen molar-refractivity contribution in [2.75, 3.05) is 6.54 Å². The Labute approximate surface area is 107 Å². The van der Waals surface area contributed by atoms with Crippen molar-refractivity contribution in [1.29, 1.82) is 0 Å². The molecule has 0 heterocycles. The molecule has 2 atom stereocenters. The lowest BCUT2D eigenvalue weighted by atomic mass is 10.1. The molecule has 0 aliphatic carbocycles. The van der Waals surface area contributed by atoms with Gasteiger partial charge in [-0.15, -0.1) is 0 Å². The number of nitrogens with one attached hydrogen (secondary N) is 1. The molecule has 2 unspecified atom stereocenters. The average Bonchev–Trinajstić information content (AvgIpc) is 2.31. The van der Waals surface area contributed by atoms with Gasteiger partial charge in [-0.2, -0.15) is 0 Å². The van der Waals surface area contributed by atoms with Gasteiger partial charge in [0.1, 0.15) is 6.04 Å². The van der Waals surface area contributed by atoms with Gasteiger partial charge in [-0.1, -0.05) is 39.0 Å². The third-order valence-electron chi connectivity index (χ3n) is 2.73. The molecule has 6 heteroatoms. The molecule has 18 heavy (non-hydrogen) atoms. The number of aliphatic hydroxyl groups is 1. The van der Waals surface area contributed by atoms with Crippen LogP contribution in [0, 0.1) is 0 Å². The van der Waals surface area contributed by atoms with Crippen LogP contribution in [0.1, 0.15) is 45.4 Å². The number of aliphatic hydroxyl groups excluding tert-OH is 1. The van der Waals surface area contributed by atoms with Crippen LogP contribution in [0.2, 0.25) is 0 Å². The van der Waals surface area contributed by atoms with Crippen LogP contribution in [0.15, 0.2) is 0 Å². The van der Waals surface area contributed by atoms with Gasteiger partial charge in [-0.05, 0) is 13.0 Å². The summed E-state index contributed by atoms with van der Waals surface area (Å²) in [5, 5.41) is 29.1. The molecule has 0 aliphatic rings. The van der Waals surface area contributed by atoms with Crippen LogP contribution in [0.5, 0.6) is 0 Å². The molecular weight excluding hydrogens is 238 g/mol. The Morgan fingerprint density at radius 2 is 1.56 bits per heavy atom. The monoisotopic (exact) mass is 261 g/mol. The molecular formula is C12H23NO5. The summed E-state index contributed by atoms with van der Waals surface area (Å²) in [5.41, 5.74) is 0. The summed E-state index contributed by atoms with van der Waals surface area (Å²) in [4.78, 5) is 21.3. The normalized spacial score (nSPS) is 14.1. The van der Waals surface area contributed by atoms with E-state index in [2.05, 4.69) is 12.2 Å². The van der Waals surface area contributed by atoms with Gasteiger partial charge in [0, 0.05) is 0 Å². The molecule has 0 saturated heterocycles. The van der Waals surface area contributed by atoms with Crippen molar-refractivity contribution in [3.63, 3.8) is 0 Å². The Hall–Kier alpha value is -1.14. The second kappa shape index (κ2) is 9.85. The van der Waals surface area contributed by atoms with E-state index in [0.29, 0.717) is 6.54 Å². The Kier molecular flexibility index (Phi) is 9.22. The molecule has 4 N–H and O–H groups in total. The van der Waals surface area contributed by atoms with Crippen molar-refractivity contribution in [1.82, 2.24) is 5.32 Å². The lowest BCUT2D eigenvalue weighted by Gasteiger charge is -2.17. The number of hydrogen-bond acceptors (Lipinski definition) is 4. The largest absolute Gasteiger partial charge is 0.480 e. The van der Waals surface area contributed by atoms with Crippen molar-refractivity contribution in [2.24, 2.45) is 0 Å². The van der Waals surface area contributed by atoms with Crippen LogP contribution >= 0.6 is 0 Å². The number of carbonyl (C=O) groups is 2. The first-order chi connectivity index (χ1) is 8.50. The molecule has 0 amide bonds. The SMILES string of the molecule is CCCCCCCCNC(C(=O)O)C(O)C(=O)O. The lowest BCUT2D eigenvalue weighted by Crippen LogP contribution is -2.49. The highest BCUT2D eigenvalue weighted by Gasteiger charge is 2.31. The first-order valence-corrected chi connectivity index (χ1v) is 6.37. The molecule has 0 aromatic rings. The fourth-order valence-electron chi connectivity index (χ4n) is 1.64. The average molecular weight is 261 g/mol. The summed E-state index contributed by atoms with van der Waals surface area (Å²) < 4.78 is 0. The minimum absolute atomic E-state index is 0.396. The van der Waals surface area contributed by atoms with Gasteiger partial charge in [0.25, 0.3) is 0 Å². The lowest BCUT2D eigenvalue weighted by molar-refractivity contribution is -0.156. The Morgan fingerprint density at radius 3 is 2.06 bits per heavy atom. The number of carboxylic acid groups (broad SMARTS) is 2. The number of unbranched alkanes of at least 4 members (excludes halogenated alkanes) is 5. The zero-order valence-electron chi connectivity index (χ0n) is 10.8. The van der Waals surface area contributed by atoms with Crippen LogP contribution in [-0.4, -0.2) is 45.9 Å². The van der Waals surface area contributed by atoms with E-state index in [9.17, 15) is 14.7 Å². The van der Waals surface area contributed by atoms with Crippen molar-refractivity contribution >= 4 is 11.9 Å². The summed E-state index contributed by atoms with van der Waals surface area (Å²) in [6, 6.07) is -1.45. The first kappa shape index (κ1) is 16.9. The molecule has 0 aromatic heterocycles. The first-order valence-electron chi connectivity index (χ1n) is 6.37. The molecule has 0 fully saturated rings. The smallest absolute Gasteiger partial charge is 0.334 e. The van der Waals surface area contributed by atoms with E-state index >= 15 is 0 Å². The molecule has 0 saturated carbocycles. The maximum atomic E-state index is 10.8. The highest BCUT2D eigenvalue weighted by molar-refractivity contribution is 5.84. The minimum atomic E-state index is -1.91. The number of aliphatic carboxylic acids is 2. The van der Waals surface area contributed by atoms with Crippen LogP contribution in [0.25, 0.3) is 0 Å². The maximum Gasteiger partial charge on any atom is 0.334 e. The minimum Gasteiger partial charge on any atom is -0.480 e. The molecule has 106 valence electrons. The van der Waals surface area contributed by atoms with Gasteiger partial charge >= 0.3 is 11.9 Å². The highest BCUT2D eigenvalue weighted by Crippen LogP contribution is 2.04. The van der Waals surface area contributed by atoms with Crippen LogP contribution in [0.4, 0.5) is 0 Å². The van der Waals surface area contributed by atoms with E-state index < -0.39 is 24.1 Å². The fourth-order valence-corrected chi connectivity index (χ4v) is 1.64. The van der Waals surface area contributed by atoms with E-state index in [1.165, 1.54) is 12.8 Å². The third kappa shape index (κ3) is 7.24. The van der Waals surface area contributed by atoms with Crippen LogP contribution in [-0.2, 0) is 9.59 Å². The molecule has 0 spiro atoms. The highest BCUT2D eigenvalue weighted by atomic mass is 16.4. The van der Waals surface area contributed by atoms with E-state index in [1.54, 1.807) is 0 Å². The quantitative estimate of drug-likeness (QED) is 0.410. The summed E-state index contributed by atoms with van der Waals surface area (Å²) in [6.45, 7) is 2.53. The van der Waals surface area contributed by atoms with Gasteiger partial charge in [0.2, 0.25) is 0 Å². The molecule has 0 bridgehead atoms. The maximum absolute atomic E-state index is 10.8. The van der Waals surface area contributed by atoms with Gasteiger partial charge in [-0.25, -0.2) is 4.79 Å². The van der Waals surface area contributed by atoms with Gasteiger partial charge < -0.3 is 20.6 Å². The Balaban J connectivity index is 3.78. The van der Waals surface area contributed by atoms with Gasteiger partial charge in [0.05, 0.1) is 0 Å². The fraction of sp³-hybridized carbons (Fsp3) is 0.833. The van der Waals surface area contributed by atoms with E-state index in [-0.39, 0.29) is 0 Å². The van der Waals surface area contributed by atoms with Crippen LogP contribution < -0.4 is 5.32 Å². The predicted octanol–water partition coefficient (Wildman–Crippen LogP) is 0.835. The van der Waals surface area contributed by atoms with Crippen molar-refractivity contribution in [3.8, 4) is 0 Å². The van der Waals surface area contributed by atoms with Gasteiger partial charge in [0.15, 0.2) is 6.10 Å². The molecule has 0 aromatic carbocycles. The van der Waals surface area contributed by atoms with Crippen molar-refractivity contribution in [3.05, 3.63) is 0 Å². The number of carboxylic acids is 2. The second-order valence-electron chi connectivity index (χ2n) is 4.32. The summed E-state index contributed by atoms with van der Waals surface area (Å²) in [7, 11) is 0. The van der Waals surface area contributed by atoms with E-state index in [1.807, 2.05) is 0 Å². The van der Waals surface area contributed by atoms with Crippen LogP contribution in [0.3, 0.4) is 0 Å². The molecule has 6 nitrogen and oxygen atoms in total. The standard InChI is InChI=1S/C12H23NO5/c1-2-3-4-5-6-7-8-13-9(11(15)16)10(14)12(17)18/h9-10,13-14H,2-8H2,1H3,(H,15,16)(H,17,18). The van der Waals surface area contributed by atoms with Gasteiger partial charge in [-0.3, -0.25) is 4.79 Å². The Morgan fingerprint density at radius 1 is 1.00 bits per heavy atom. The number of rotatable bonds is 11. The third-order valence-corrected chi connectivity index (χ3v) is 2.73.